The minimum atomic E-state index is -4.19. The van der Waals surface area contributed by atoms with Crippen molar-refractivity contribution in [1.29, 1.82) is 0 Å². The summed E-state index contributed by atoms with van der Waals surface area (Å²) in [5.41, 5.74) is 1.69. The van der Waals surface area contributed by atoms with Crippen LogP contribution in [0.4, 0.5) is 0 Å². The molecule has 0 aliphatic carbocycles. The van der Waals surface area contributed by atoms with Crippen LogP contribution in [0.2, 0.25) is 0 Å². The molecule has 1 aromatic rings. The molecule has 0 spiro atoms. The second-order valence-electron chi connectivity index (χ2n) is 7.01. The zero-order valence-corrected chi connectivity index (χ0v) is 18.5. The summed E-state index contributed by atoms with van der Waals surface area (Å²) in [6.07, 6.45) is 10.0. The molecule has 0 aromatic heterocycles. The molecular formula is C19H32O5STi. The minimum absolute atomic E-state index is 0.0431. The Balaban J connectivity index is 2.80. The maximum absolute atomic E-state index is 12.3. The molecule has 0 aliphatic rings. The van der Waals surface area contributed by atoms with Crippen LogP contribution in [0.1, 0.15) is 89.2 Å². The molecule has 0 radical (unpaired) electrons. The number of unbranched alkanes of at least 4 members (excludes halogenated alkanes) is 7. The number of hydrogen-bond donors (Lipinski definition) is 1. The summed E-state index contributed by atoms with van der Waals surface area (Å²) in [7, 11) is -4.19. The van der Waals surface area contributed by atoms with E-state index in [0.29, 0.717) is 6.42 Å². The average molecular weight is 420 g/mol. The monoisotopic (exact) mass is 420 g/mol. The summed E-state index contributed by atoms with van der Waals surface area (Å²) in [5.74, 6) is 0.172. The SMILES string of the molecule is CCCCCCCCCCc1c(C(C)C)cccc1S(=O)(=O)[O][Ti](=[O])[OH]. The molecule has 0 saturated carbocycles. The molecule has 0 atom stereocenters. The van der Waals surface area contributed by atoms with Gasteiger partial charge in [-0.3, -0.25) is 0 Å². The van der Waals surface area contributed by atoms with Crippen LogP contribution in [0.25, 0.3) is 0 Å². The van der Waals surface area contributed by atoms with Gasteiger partial charge in [-0.1, -0.05) is 13.3 Å². The van der Waals surface area contributed by atoms with Crippen LogP contribution in [-0.4, -0.2) is 12.1 Å². The van der Waals surface area contributed by atoms with E-state index in [2.05, 4.69) is 9.69 Å². The van der Waals surface area contributed by atoms with Crippen molar-refractivity contribution in [3.63, 3.8) is 0 Å². The van der Waals surface area contributed by atoms with E-state index in [-0.39, 0.29) is 10.8 Å². The van der Waals surface area contributed by atoms with Gasteiger partial charge in [0, 0.05) is 0 Å². The van der Waals surface area contributed by atoms with Crippen molar-refractivity contribution < 1.29 is 36.8 Å². The third-order valence-electron chi connectivity index (χ3n) is 4.52. The maximum atomic E-state index is 12.3. The van der Waals surface area contributed by atoms with Crippen LogP contribution >= 0.6 is 0 Å². The average Bonchev–Trinajstić information content (AvgIpc) is 2.55. The standard InChI is InChI=1S/C19H32O3S.H2O.O.Ti/c1-4-5-6-7-8-9-10-11-13-18-17(16(2)3)14-12-15-19(18)23(20,21)22;;;/h12,14-16H,4-11,13H2,1-3H3,(H,20,21,22);1H2;;/q;;;+2/p-2. The van der Waals surface area contributed by atoms with E-state index in [9.17, 15) is 11.7 Å². The molecule has 148 valence electrons. The van der Waals surface area contributed by atoms with Gasteiger partial charge in [-0.05, 0) is 0 Å². The van der Waals surface area contributed by atoms with Gasteiger partial charge in [-0.2, -0.15) is 0 Å². The van der Waals surface area contributed by atoms with Gasteiger partial charge in [-0.15, -0.1) is 0 Å². The molecule has 0 aliphatic heterocycles. The molecule has 1 aromatic carbocycles. The topological polar surface area (TPSA) is 80.7 Å². The van der Waals surface area contributed by atoms with E-state index in [1.807, 2.05) is 19.9 Å². The molecule has 26 heavy (non-hydrogen) atoms. The Morgan fingerprint density at radius 2 is 1.62 bits per heavy atom. The van der Waals surface area contributed by atoms with Gasteiger partial charge >= 0.3 is 152 Å². The van der Waals surface area contributed by atoms with E-state index in [0.717, 1.165) is 30.4 Å². The van der Waals surface area contributed by atoms with E-state index >= 15 is 0 Å². The molecule has 0 heterocycles. The molecule has 0 fully saturated rings. The summed E-state index contributed by atoms with van der Waals surface area (Å²) < 4.78 is 49.0. The van der Waals surface area contributed by atoms with Crippen molar-refractivity contribution in [2.75, 3.05) is 0 Å². The second kappa shape index (κ2) is 12.1. The Morgan fingerprint density at radius 3 is 2.15 bits per heavy atom. The molecular weight excluding hydrogens is 388 g/mol. The summed E-state index contributed by atoms with van der Waals surface area (Å²) in [4.78, 5) is 0.0431. The molecule has 7 heteroatoms. The van der Waals surface area contributed by atoms with Crippen molar-refractivity contribution in [3.05, 3.63) is 29.3 Å². The number of hydrogen-bond acceptors (Lipinski definition) is 4. The van der Waals surface area contributed by atoms with Gasteiger partial charge in [0.25, 0.3) is 0 Å². The molecule has 5 nitrogen and oxygen atoms in total. The first-order valence-corrected chi connectivity index (χ1v) is 13.0. The first-order valence-electron chi connectivity index (χ1n) is 9.58. The fraction of sp³-hybridized carbons (Fsp3) is 0.684. The van der Waals surface area contributed by atoms with Gasteiger partial charge in [0.1, 0.15) is 0 Å². The predicted molar refractivity (Wildman–Crippen MR) is 98.0 cm³/mol. The Morgan fingerprint density at radius 1 is 1.04 bits per heavy atom. The number of benzene rings is 1. The van der Waals surface area contributed by atoms with Crippen molar-refractivity contribution in [2.24, 2.45) is 0 Å². The van der Waals surface area contributed by atoms with Crippen LogP contribution in [-0.2, 0) is 41.2 Å². The first-order chi connectivity index (χ1) is 12.3. The van der Waals surface area contributed by atoms with Gasteiger partial charge in [0.2, 0.25) is 0 Å². The van der Waals surface area contributed by atoms with E-state index in [4.69, 9.17) is 3.69 Å². The fourth-order valence-electron chi connectivity index (χ4n) is 3.20. The third-order valence-corrected chi connectivity index (χ3v) is 7.50. The zero-order valence-electron chi connectivity index (χ0n) is 16.2. The van der Waals surface area contributed by atoms with Crippen molar-refractivity contribution in [3.8, 4) is 0 Å². The van der Waals surface area contributed by atoms with Gasteiger partial charge in [0.05, 0.1) is 0 Å². The molecule has 1 rings (SSSR count). The van der Waals surface area contributed by atoms with Gasteiger partial charge in [0.15, 0.2) is 0 Å². The summed E-state index contributed by atoms with van der Waals surface area (Å²) in [6, 6.07) is 5.07. The fourth-order valence-corrected chi connectivity index (χ4v) is 5.54. The summed E-state index contributed by atoms with van der Waals surface area (Å²) >= 11 is -4.18. The summed E-state index contributed by atoms with van der Waals surface area (Å²) in [5, 5.41) is 0. The normalized spacial score (nSPS) is 11.9. The Labute approximate surface area is 165 Å². The van der Waals surface area contributed by atoms with E-state index < -0.39 is 28.7 Å². The molecule has 0 saturated heterocycles. The van der Waals surface area contributed by atoms with Crippen LogP contribution in [0.15, 0.2) is 23.1 Å². The Bertz CT molecular complexity index is 671. The molecule has 1 N–H and O–H groups in total. The number of rotatable bonds is 13. The Hall–Kier alpha value is -0.396. The summed E-state index contributed by atoms with van der Waals surface area (Å²) in [6.45, 7) is 6.24. The van der Waals surface area contributed by atoms with Crippen LogP contribution in [0, 0.1) is 0 Å². The second-order valence-corrected chi connectivity index (χ2v) is 10.1. The van der Waals surface area contributed by atoms with E-state index in [1.165, 1.54) is 38.2 Å². The van der Waals surface area contributed by atoms with Crippen molar-refractivity contribution in [1.82, 2.24) is 0 Å². The predicted octanol–water partition coefficient (Wildman–Crippen LogP) is 4.98. The van der Waals surface area contributed by atoms with E-state index in [1.54, 1.807) is 6.07 Å². The third kappa shape index (κ3) is 8.09. The Kier molecular flexibility index (Phi) is 11.0. The molecule has 0 unspecified atom stereocenters. The van der Waals surface area contributed by atoms with Gasteiger partial charge in [-0.25, -0.2) is 0 Å². The van der Waals surface area contributed by atoms with Gasteiger partial charge < -0.3 is 0 Å². The van der Waals surface area contributed by atoms with Crippen LogP contribution in [0.5, 0.6) is 0 Å². The van der Waals surface area contributed by atoms with Crippen LogP contribution in [0.3, 0.4) is 0 Å². The zero-order chi connectivity index (χ0) is 19.6. The molecule has 0 amide bonds. The van der Waals surface area contributed by atoms with Crippen molar-refractivity contribution >= 4 is 10.1 Å². The molecule has 0 bridgehead atoms. The quantitative estimate of drug-likeness (QED) is 0.359. The first kappa shape index (κ1) is 23.6. The van der Waals surface area contributed by atoms with Crippen LogP contribution < -0.4 is 0 Å². The van der Waals surface area contributed by atoms with Crippen molar-refractivity contribution in [2.45, 2.75) is 89.4 Å².